The second-order valence-electron chi connectivity index (χ2n) is 8.60. The molecule has 0 saturated carbocycles. The average molecular weight is 476 g/mol. The van der Waals surface area contributed by atoms with Crippen LogP contribution in [0.3, 0.4) is 0 Å². The summed E-state index contributed by atoms with van der Waals surface area (Å²) in [4.78, 5) is 54.8. The second kappa shape index (κ2) is 9.34. The van der Waals surface area contributed by atoms with E-state index >= 15 is 0 Å². The van der Waals surface area contributed by atoms with E-state index in [1.54, 1.807) is 23.5 Å². The molecule has 0 unspecified atom stereocenters. The quantitative estimate of drug-likeness (QED) is 0.509. The van der Waals surface area contributed by atoms with Crippen molar-refractivity contribution in [2.45, 2.75) is 24.8 Å². The van der Waals surface area contributed by atoms with E-state index in [1.807, 2.05) is 47.8 Å². The highest BCUT2D eigenvalue weighted by molar-refractivity contribution is 7.09. The monoisotopic (exact) mass is 475 g/mol. The number of carbonyl (C=O) groups is 3. The summed E-state index contributed by atoms with van der Waals surface area (Å²) in [5, 5.41) is 1.93. The number of hydrogen-bond acceptors (Lipinski definition) is 7. The summed E-state index contributed by atoms with van der Waals surface area (Å²) in [6.07, 6.45) is 4.99. The lowest BCUT2D eigenvalue weighted by atomic mass is 9.75. The van der Waals surface area contributed by atoms with Gasteiger partial charge in [0.15, 0.2) is 0 Å². The highest BCUT2D eigenvalue weighted by Gasteiger charge is 2.54. The summed E-state index contributed by atoms with van der Waals surface area (Å²) in [5.74, 6) is 0.157. The maximum Gasteiger partial charge on any atom is 0.241 e. The van der Waals surface area contributed by atoms with Crippen LogP contribution >= 0.6 is 11.3 Å². The molecule has 2 fully saturated rings. The number of likely N-dealkylation sites (tertiary alicyclic amines) is 1. The van der Waals surface area contributed by atoms with Crippen LogP contribution in [0.1, 0.15) is 23.3 Å². The molecule has 0 spiro atoms. The number of carbonyl (C=O) groups excluding carboxylic acids is 3. The molecule has 0 radical (unpaired) electrons. The smallest absolute Gasteiger partial charge is 0.241 e. The van der Waals surface area contributed by atoms with E-state index in [-0.39, 0.29) is 37.1 Å². The third-order valence-corrected chi connectivity index (χ3v) is 7.45. The number of benzene rings is 1. The fraction of sp³-hybridized carbons (Fsp3) is 0.320. The maximum atomic E-state index is 13.7. The summed E-state index contributed by atoms with van der Waals surface area (Å²) >= 11 is 1.51. The van der Waals surface area contributed by atoms with E-state index in [0.29, 0.717) is 31.7 Å². The van der Waals surface area contributed by atoms with Crippen molar-refractivity contribution in [3.8, 4) is 0 Å². The van der Waals surface area contributed by atoms with Gasteiger partial charge in [-0.3, -0.25) is 24.3 Å². The molecule has 34 heavy (non-hydrogen) atoms. The fourth-order valence-electron chi connectivity index (χ4n) is 4.75. The summed E-state index contributed by atoms with van der Waals surface area (Å²) in [6.45, 7) is 2.58. The molecule has 0 N–H and O–H groups in total. The van der Waals surface area contributed by atoms with Gasteiger partial charge in [-0.2, -0.15) is 0 Å². The van der Waals surface area contributed by atoms with E-state index in [4.69, 9.17) is 0 Å². The number of rotatable bonds is 6. The lowest BCUT2D eigenvalue weighted by Gasteiger charge is -2.37. The Morgan fingerprint density at radius 3 is 2.47 bits per heavy atom. The van der Waals surface area contributed by atoms with Crippen molar-refractivity contribution < 1.29 is 14.4 Å². The van der Waals surface area contributed by atoms with Crippen molar-refractivity contribution in [2.24, 2.45) is 0 Å². The van der Waals surface area contributed by atoms with Gasteiger partial charge in [0.2, 0.25) is 17.7 Å². The molecule has 8 nitrogen and oxygen atoms in total. The largest absolute Gasteiger partial charge is 0.352 e. The second-order valence-corrected chi connectivity index (χ2v) is 9.63. The molecule has 174 valence electrons. The van der Waals surface area contributed by atoms with Gasteiger partial charge in [-0.1, -0.05) is 36.4 Å². The van der Waals surface area contributed by atoms with Gasteiger partial charge < -0.3 is 9.80 Å². The molecule has 1 aromatic carbocycles. The SMILES string of the molecule is O=C(C[C@]1(c2ccccc2)CC(=O)N(Cc2cccs2)C1=O)N1CCN(c2cnccn2)CC1. The number of hydrogen-bond donors (Lipinski definition) is 0. The van der Waals surface area contributed by atoms with Gasteiger partial charge in [0, 0.05) is 56.3 Å². The molecule has 2 aliphatic rings. The topological polar surface area (TPSA) is 86.7 Å². The van der Waals surface area contributed by atoms with E-state index in [9.17, 15) is 14.4 Å². The summed E-state index contributed by atoms with van der Waals surface area (Å²) in [7, 11) is 0. The molecule has 2 saturated heterocycles. The Kier molecular flexibility index (Phi) is 6.10. The molecule has 0 aliphatic carbocycles. The van der Waals surface area contributed by atoms with Crippen LogP contribution in [0.4, 0.5) is 5.82 Å². The number of amides is 3. The maximum absolute atomic E-state index is 13.7. The first-order chi connectivity index (χ1) is 16.6. The van der Waals surface area contributed by atoms with Gasteiger partial charge >= 0.3 is 0 Å². The van der Waals surface area contributed by atoms with Gasteiger partial charge in [0.05, 0.1) is 18.2 Å². The van der Waals surface area contributed by atoms with Crippen LogP contribution in [0.5, 0.6) is 0 Å². The Bertz CT molecular complexity index is 1160. The highest BCUT2D eigenvalue weighted by atomic mass is 32.1. The van der Waals surface area contributed by atoms with Gasteiger partial charge in [-0.15, -0.1) is 11.3 Å². The summed E-state index contributed by atoms with van der Waals surface area (Å²) in [5.41, 5.74) is -0.456. The molecule has 3 aromatic rings. The zero-order valence-electron chi connectivity index (χ0n) is 18.7. The number of aromatic nitrogens is 2. The summed E-state index contributed by atoms with van der Waals surface area (Å²) < 4.78 is 0. The molecule has 3 amide bonds. The van der Waals surface area contributed by atoms with Crippen LogP contribution in [0.2, 0.25) is 0 Å². The molecular weight excluding hydrogens is 450 g/mol. The Balaban J connectivity index is 1.35. The third-order valence-electron chi connectivity index (χ3n) is 6.59. The highest BCUT2D eigenvalue weighted by Crippen LogP contribution is 2.41. The number of thiophene rings is 1. The molecule has 5 rings (SSSR count). The van der Waals surface area contributed by atoms with Gasteiger partial charge in [-0.25, -0.2) is 4.98 Å². The lowest BCUT2D eigenvalue weighted by Crippen LogP contribution is -2.51. The first-order valence-corrected chi connectivity index (χ1v) is 12.2. The number of nitrogens with zero attached hydrogens (tertiary/aromatic N) is 5. The molecule has 9 heteroatoms. The van der Waals surface area contributed by atoms with Gasteiger partial charge in [0.1, 0.15) is 5.82 Å². The first kappa shape index (κ1) is 22.2. The standard InChI is InChI=1S/C25H25N5O3S/c31-22(29-12-10-28(11-13-29)21-17-26-8-9-27-21)15-25(19-5-2-1-3-6-19)16-23(32)30(24(25)33)18-20-7-4-14-34-20/h1-9,14,17H,10-13,15-16,18H2/t25-/m1/s1. The lowest BCUT2D eigenvalue weighted by molar-refractivity contribution is -0.143. The number of anilines is 1. The Labute approximate surface area is 201 Å². The molecule has 1 atom stereocenters. The van der Waals surface area contributed by atoms with Crippen LogP contribution in [0.25, 0.3) is 0 Å². The van der Waals surface area contributed by atoms with E-state index < -0.39 is 5.41 Å². The van der Waals surface area contributed by atoms with E-state index in [1.165, 1.54) is 16.2 Å². The van der Waals surface area contributed by atoms with Crippen molar-refractivity contribution >= 4 is 34.9 Å². The molecule has 2 aromatic heterocycles. The minimum Gasteiger partial charge on any atom is -0.352 e. The van der Waals surface area contributed by atoms with Gasteiger partial charge in [0.25, 0.3) is 0 Å². The fourth-order valence-corrected chi connectivity index (χ4v) is 5.44. The van der Waals surface area contributed by atoms with Crippen molar-refractivity contribution in [1.82, 2.24) is 19.8 Å². The first-order valence-electron chi connectivity index (χ1n) is 11.3. The predicted octanol–water partition coefficient (Wildman–Crippen LogP) is 2.47. The zero-order chi connectivity index (χ0) is 23.5. The van der Waals surface area contributed by atoms with Crippen molar-refractivity contribution in [3.05, 3.63) is 76.9 Å². The molecule has 0 bridgehead atoms. The Hall–Kier alpha value is -3.59. The normalized spacial score (nSPS) is 20.8. The van der Waals surface area contributed by atoms with Crippen LogP contribution in [-0.4, -0.2) is 63.7 Å². The van der Waals surface area contributed by atoms with E-state index in [0.717, 1.165) is 10.7 Å². The van der Waals surface area contributed by atoms with Crippen molar-refractivity contribution in [1.29, 1.82) is 0 Å². The van der Waals surface area contributed by atoms with E-state index in [2.05, 4.69) is 14.9 Å². The van der Waals surface area contributed by atoms with Crippen LogP contribution in [0.15, 0.2) is 66.4 Å². The average Bonchev–Trinajstić information content (AvgIpc) is 3.48. The Morgan fingerprint density at radius 2 is 1.79 bits per heavy atom. The van der Waals surface area contributed by atoms with Crippen LogP contribution in [0, 0.1) is 0 Å². The van der Waals surface area contributed by atoms with Gasteiger partial charge in [-0.05, 0) is 17.0 Å². The van der Waals surface area contributed by atoms with Crippen LogP contribution in [-0.2, 0) is 26.3 Å². The summed E-state index contributed by atoms with van der Waals surface area (Å²) in [6, 6.07) is 13.1. The van der Waals surface area contributed by atoms with Crippen molar-refractivity contribution in [2.75, 3.05) is 31.1 Å². The number of imide groups is 1. The Morgan fingerprint density at radius 1 is 1.00 bits per heavy atom. The molecular formula is C25H25N5O3S. The van der Waals surface area contributed by atoms with Crippen molar-refractivity contribution in [3.63, 3.8) is 0 Å². The zero-order valence-corrected chi connectivity index (χ0v) is 19.5. The third kappa shape index (κ3) is 4.19. The predicted molar refractivity (Wildman–Crippen MR) is 128 cm³/mol. The molecule has 4 heterocycles. The van der Waals surface area contributed by atoms with Crippen LogP contribution < -0.4 is 4.90 Å². The molecule has 2 aliphatic heterocycles. The minimum absolute atomic E-state index is 0.00648. The minimum atomic E-state index is -1.17. The number of piperazine rings is 1.